The summed E-state index contributed by atoms with van der Waals surface area (Å²) in [5.41, 5.74) is 7.25. The Hall–Kier alpha value is -2.14. The molecule has 0 aliphatic heterocycles. The lowest BCUT2D eigenvalue weighted by molar-refractivity contribution is -0.138. The highest BCUT2D eigenvalue weighted by atomic mass is 16.4. The number of carboxylic acid groups (broad SMARTS) is 1. The van der Waals surface area contributed by atoms with Gasteiger partial charge in [0.15, 0.2) is 0 Å². The number of nitrogens with zero attached hydrogens (tertiary/aromatic N) is 1. The number of unbranched alkanes of at least 4 members (excludes halogenated alkanes) is 2. The number of fused-ring (bicyclic) bond motifs is 1. The third-order valence-electron chi connectivity index (χ3n) is 3.81. The molecule has 0 amide bonds. The van der Waals surface area contributed by atoms with Gasteiger partial charge in [0.1, 0.15) is 6.04 Å². The molecule has 1 atom stereocenters. The van der Waals surface area contributed by atoms with Gasteiger partial charge in [-0.15, -0.1) is 0 Å². The molecule has 0 aliphatic rings. The van der Waals surface area contributed by atoms with E-state index in [2.05, 4.69) is 6.92 Å². The van der Waals surface area contributed by atoms with Crippen molar-refractivity contribution in [2.45, 2.75) is 45.1 Å². The Morgan fingerprint density at radius 2 is 2.00 bits per heavy atom. The number of benzene rings is 1. The average molecular weight is 302 g/mol. The predicted molar refractivity (Wildman–Crippen MR) is 86.0 cm³/mol. The number of hydrogen-bond acceptors (Lipinski definition) is 3. The molecule has 3 N–H and O–H groups in total. The van der Waals surface area contributed by atoms with E-state index >= 15 is 0 Å². The van der Waals surface area contributed by atoms with Crippen LogP contribution in [0.25, 0.3) is 10.9 Å². The van der Waals surface area contributed by atoms with Gasteiger partial charge in [-0.25, -0.2) is 0 Å². The van der Waals surface area contributed by atoms with E-state index in [-0.39, 0.29) is 12.3 Å². The lowest BCUT2D eigenvalue weighted by atomic mass is 10.1. The van der Waals surface area contributed by atoms with Crippen molar-refractivity contribution >= 4 is 22.8 Å². The minimum absolute atomic E-state index is 0.0415. The number of carbonyl (C=O) groups excluding carboxylic acids is 1. The van der Waals surface area contributed by atoms with Gasteiger partial charge in [0.25, 0.3) is 0 Å². The molecule has 2 aromatic rings. The van der Waals surface area contributed by atoms with E-state index in [1.807, 2.05) is 24.3 Å². The van der Waals surface area contributed by atoms with Gasteiger partial charge in [0.05, 0.1) is 5.52 Å². The monoisotopic (exact) mass is 302 g/mol. The van der Waals surface area contributed by atoms with Crippen molar-refractivity contribution < 1.29 is 14.7 Å². The van der Waals surface area contributed by atoms with E-state index in [1.54, 1.807) is 10.8 Å². The molecule has 0 spiro atoms. The quantitative estimate of drug-likeness (QED) is 0.770. The SMILES string of the molecule is CCCCCC(=O)n1cc(CC(N)C(=O)O)c2ccccc21. The molecule has 1 aromatic heterocycles. The van der Waals surface area contributed by atoms with Crippen LogP contribution in [0.15, 0.2) is 30.5 Å². The fourth-order valence-corrected chi connectivity index (χ4v) is 2.59. The van der Waals surface area contributed by atoms with Crippen molar-refractivity contribution in [1.82, 2.24) is 4.57 Å². The van der Waals surface area contributed by atoms with Gasteiger partial charge in [-0.1, -0.05) is 38.0 Å². The number of aromatic nitrogens is 1. The lowest BCUT2D eigenvalue weighted by Crippen LogP contribution is -2.32. The molecular formula is C17H22N2O3. The standard InChI is InChI=1S/C17H22N2O3/c1-2-3-4-9-16(20)19-11-12(10-14(18)17(21)22)13-7-5-6-8-15(13)19/h5-8,11,14H,2-4,9-10,18H2,1H3,(H,21,22). The molecule has 1 aromatic carbocycles. The molecule has 0 saturated carbocycles. The Morgan fingerprint density at radius 3 is 2.68 bits per heavy atom. The average Bonchev–Trinajstić information content (AvgIpc) is 2.86. The van der Waals surface area contributed by atoms with Crippen molar-refractivity contribution in [1.29, 1.82) is 0 Å². The van der Waals surface area contributed by atoms with E-state index < -0.39 is 12.0 Å². The van der Waals surface area contributed by atoms with E-state index in [4.69, 9.17) is 10.8 Å². The molecule has 0 radical (unpaired) electrons. The molecular weight excluding hydrogens is 280 g/mol. The minimum Gasteiger partial charge on any atom is -0.480 e. The Kier molecular flexibility index (Phi) is 5.33. The fourth-order valence-electron chi connectivity index (χ4n) is 2.59. The smallest absolute Gasteiger partial charge is 0.320 e. The van der Waals surface area contributed by atoms with Crippen LogP contribution < -0.4 is 5.73 Å². The number of rotatable bonds is 7. The second-order valence-corrected chi connectivity index (χ2v) is 5.54. The summed E-state index contributed by atoms with van der Waals surface area (Å²) in [7, 11) is 0. The molecule has 0 saturated heterocycles. The highest BCUT2D eigenvalue weighted by Gasteiger charge is 2.18. The largest absolute Gasteiger partial charge is 0.480 e. The van der Waals surface area contributed by atoms with E-state index in [0.29, 0.717) is 6.42 Å². The van der Waals surface area contributed by atoms with Crippen molar-refractivity contribution in [3.8, 4) is 0 Å². The summed E-state index contributed by atoms with van der Waals surface area (Å²) in [5.74, 6) is -0.995. The van der Waals surface area contributed by atoms with Gasteiger partial charge >= 0.3 is 5.97 Å². The van der Waals surface area contributed by atoms with Crippen LogP contribution in [0.1, 0.15) is 43.0 Å². The van der Waals surface area contributed by atoms with Crippen molar-refractivity contribution in [3.63, 3.8) is 0 Å². The molecule has 118 valence electrons. The Balaban J connectivity index is 2.31. The molecule has 0 bridgehead atoms. The Morgan fingerprint density at radius 1 is 1.27 bits per heavy atom. The lowest BCUT2D eigenvalue weighted by Gasteiger charge is -2.04. The second kappa shape index (κ2) is 7.22. The summed E-state index contributed by atoms with van der Waals surface area (Å²) in [4.78, 5) is 23.3. The third-order valence-corrected chi connectivity index (χ3v) is 3.81. The van der Waals surface area contributed by atoms with Gasteiger partial charge < -0.3 is 10.8 Å². The molecule has 0 fully saturated rings. The van der Waals surface area contributed by atoms with Crippen molar-refractivity contribution in [3.05, 3.63) is 36.0 Å². The van der Waals surface area contributed by atoms with Crippen LogP contribution in [-0.4, -0.2) is 27.6 Å². The van der Waals surface area contributed by atoms with Crippen LogP contribution in [0.2, 0.25) is 0 Å². The number of carbonyl (C=O) groups is 2. The molecule has 0 aliphatic carbocycles. The number of nitrogens with two attached hydrogens (primary N) is 1. The van der Waals surface area contributed by atoms with Gasteiger partial charge in [0, 0.05) is 24.4 Å². The summed E-state index contributed by atoms with van der Waals surface area (Å²) < 4.78 is 1.63. The van der Waals surface area contributed by atoms with Crippen LogP contribution in [0.3, 0.4) is 0 Å². The summed E-state index contributed by atoms with van der Waals surface area (Å²) in [6, 6.07) is 6.57. The molecule has 2 rings (SSSR count). The topological polar surface area (TPSA) is 85.3 Å². The zero-order chi connectivity index (χ0) is 16.1. The Labute approximate surface area is 129 Å². The van der Waals surface area contributed by atoms with Crippen LogP contribution in [0.5, 0.6) is 0 Å². The minimum atomic E-state index is -1.04. The number of hydrogen-bond donors (Lipinski definition) is 2. The summed E-state index contributed by atoms with van der Waals surface area (Å²) in [6.45, 7) is 2.10. The maximum absolute atomic E-state index is 12.4. The second-order valence-electron chi connectivity index (χ2n) is 5.54. The first-order valence-electron chi connectivity index (χ1n) is 7.65. The van der Waals surface area contributed by atoms with E-state index in [1.165, 1.54) is 0 Å². The number of para-hydroxylation sites is 1. The normalized spacial score (nSPS) is 12.5. The molecule has 1 unspecified atom stereocenters. The summed E-state index contributed by atoms with van der Waals surface area (Å²) in [6.07, 6.45) is 5.41. The van der Waals surface area contributed by atoms with Gasteiger partial charge in [-0.3, -0.25) is 14.2 Å². The molecule has 1 heterocycles. The summed E-state index contributed by atoms with van der Waals surface area (Å²) >= 11 is 0. The van der Waals surface area contributed by atoms with Crippen LogP contribution in [-0.2, 0) is 11.2 Å². The van der Waals surface area contributed by atoms with E-state index in [9.17, 15) is 9.59 Å². The summed E-state index contributed by atoms with van der Waals surface area (Å²) in [5, 5.41) is 9.87. The highest BCUT2D eigenvalue weighted by Crippen LogP contribution is 2.23. The van der Waals surface area contributed by atoms with Gasteiger partial charge in [-0.05, 0) is 18.1 Å². The van der Waals surface area contributed by atoms with Crippen LogP contribution in [0.4, 0.5) is 0 Å². The molecule has 5 nitrogen and oxygen atoms in total. The highest BCUT2D eigenvalue weighted by molar-refractivity contribution is 5.94. The molecule has 5 heteroatoms. The first-order chi connectivity index (χ1) is 10.5. The maximum Gasteiger partial charge on any atom is 0.320 e. The van der Waals surface area contributed by atoms with Gasteiger partial charge in [0.2, 0.25) is 5.91 Å². The zero-order valence-electron chi connectivity index (χ0n) is 12.8. The molecule has 22 heavy (non-hydrogen) atoms. The first-order valence-corrected chi connectivity index (χ1v) is 7.65. The number of aliphatic carboxylic acids is 1. The van der Waals surface area contributed by atoms with Crippen LogP contribution >= 0.6 is 0 Å². The first kappa shape index (κ1) is 16.2. The van der Waals surface area contributed by atoms with Crippen LogP contribution in [0, 0.1) is 0 Å². The van der Waals surface area contributed by atoms with E-state index in [0.717, 1.165) is 35.7 Å². The third kappa shape index (κ3) is 3.54. The van der Waals surface area contributed by atoms with Crippen molar-refractivity contribution in [2.24, 2.45) is 5.73 Å². The Bertz CT molecular complexity index is 676. The van der Waals surface area contributed by atoms with Gasteiger partial charge in [-0.2, -0.15) is 0 Å². The zero-order valence-corrected chi connectivity index (χ0v) is 12.8. The van der Waals surface area contributed by atoms with Crippen molar-refractivity contribution in [2.75, 3.05) is 0 Å². The predicted octanol–water partition coefficient (Wildman–Crippen LogP) is 2.82. The number of carboxylic acids is 1. The fraction of sp³-hybridized carbons (Fsp3) is 0.412. The maximum atomic E-state index is 12.4.